The summed E-state index contributed by atoms with van der Waals surface area (Å²) in [7, 11) is 0. The fraction of sp³-hybridized carbons (Fsp3) is 0.571. The van der Waals surface area contributed by atoms with Gasteiger partial charge in [-0.2, -0.15) is 4.98 Å². The van der Waals surface area contributed by atoms with E-state index >= 15 is 0 Å². The second kappa shape index (κ2) is 7.72. The summed E-state index contributed by atoms with van der Waals surface area (Å²) in [6, 6.07) is 5.09. The number of amides is 1. The average molecular weight is 405 g/mol. The van der Waals surface area contributed by atoms with E-state index in [9.17, 15) is 13.6 Å². The SMILES string of the molecule is Cc1nc([C@@](C)(CC2CC2)NC(=O)c2ccc(C3CC3)c(OCC(F)F)c2)no1. The van der Waals surface area contributed by atoms with Gasteiger partial charge in [-0.1, -0.05) is 24.1 Å². The standard InChI is InChI=1S/C21H25F2N3O3/c1-12-24-20(26-29-12)21(2,10-13-3-4-13)25-19(27)15-7-8-16(14-5-6-14)17(9-15)28-11-18(22)23/h7-9,13-14,18H,3-6,10-11H2,1-2H3,(H,25,27)/t21-/m1/s1. The number of aromatic nitrogens is 2. The van der Waals surface area contributed by atoms with Gasteiger partial charge in [0.25, 0.3) is 12.3 Å². The topological polar surface area (TPSA) is 77.2 Å². The van der Waals surface area contributed by atoms with Crippen LogP contribution in [0.5, 0.6) is 5.75 Å². The lowest BCUT2D eigenvalue weighted by Gasteiger charge is -2.28. The van der Waals surface area contributed by atoms with Crippen LogP contribution in [0.25, 0.3) is 0 Å². The highest BCUT2D eigenvalue weighted by molar-refractivity contribution is 5.95. The number of carbonyl (C=O) groups is 1. The Balaban J connectivity index is 1.56. The number of benzene rings is 1. The van der Waals surface area contributed by atoms with Crippen molar-refractivity contribution in [1.82, 2.24) is 15.5 Å². The van der Waals surface area contributed by atoms with Crippen LogP contribution in [0.3, 0.4) is 0 Å². The first-order valence-electron chi connectivity index (χ1n) is 10.0. The molecule has 0 aliphatic heterocycles. The van der Waals surface area contributed by atoms with Crippen LogP contribution in [0.1, 0.15) is 72.6 Å². The predicted molar refractivity (Wildman–Crippen MR) is 101 cm³/mol. The molecule has 1 amide bonds. The molecule has 2 saturated carbocycles. The normalized spacial score (nSPS) is 18.5. The van der Waals surface area contributed by atoms with Gasteiger partial charge >= 0.3 is 0 Å². The molecule has 1 aromatic heterocycles. The van der Waals surface area contributed by atoms with Crippen LogP contribution in [-0.4, -0.2) is 29.1 Å². The minimum atomic E-state index is -2.57. The highest BCUT2D eigenvalue weighted by atomic mass is 19.3. The molecule has 29 heavy (non-hydrogen) atoms. The zero-order valence-corrected chi connectivity index (χ0v) is 16.6. The number of nitrogens with one attached hydrogen (secondary N) is 1. The summed E-state index contributed by atoms with van der Waals surface area (Å²) in [5.41, 5.74) is 0.479. The summed E-state index contributed by atoms with van der Waals surface area (Å²) in [5, 5.41) is 7.06. The molecule has 0 saturated heterocycles. The molecule has 0 unspecified atom stereocenters. The maximum Gasteiger partial charge on any atom is 0.272 e. The van der Waals surface area contributed by atoms with Crippen molar-refractivity contribution in [2.45, 2.75) is 63.8 Å². The van der Waals surface area contributed by atoms with Crippen molar-refractivity contribution in [2.75, 3.05) is 6.61 Å². The third-order valence-electron chi connectivity index (χ3n) is 5.46. The number of nitrogens with zero attached hydrogens (tertiary/aromatic N) is 2. The highest BCUT2D eigenvalue weighted by Gasteiger charge is 2.39. The molecule has 0 radical (unpaired) electrons. The Morgan fingerprint density at radius 2 is 2.10 bits per heavy atom. The van der Waals surface area contributed by atoms with Gasteiger partial charge in [-0.05, 0) is 55.7 Å². The summed E-state index contributed by atoms with van der Waals surface area (Å²) in [4.78, 5) is 17.4. The maximum atomic E-state index is 13.0. The van der Waals surface area contributed by atoms with Gasteiger partial charge in [0, 0.05) is 12.5 Å². The lowest BCUT2D eigenvalue weighted by Crippen LogP contribution is -2.44. The molecule has 2 aliphatic rings. The Morgan fingerprint density at radius 3 is 2.69 bits per heavy atom. The first-order valence-corrected chi connectivity index (χ1v) is 10.0. The molecule has 1 atom stereocenters. The van der Waals surface area contributed by atoms with E-state index < -0.39 is 18.6 Å². The smallest absolute Gasteiger partial charge is 0.272 e. The Labute approximate surface area is 168 Å². The van der Waals surface area contributed by atoms with Crippen molar-refractivity contribution in [3.8, 4) is 5.75 Å². The van der Waals surface area contributed by atoms with Gasteiger partial charge in [-0.3, -0.25) is 4.79 Å². The number of carbonyl (C=O) groups excluding carboxylic acids is 1. The second-order valence-electron chi connectivity index (χ2n) is 8.30. The van der Waals surface area contributed by atoms with Crippen LogP contribution in [0, 0.1) is 12.8 Å². The van der Waals surface area contributed by atoms with Crippen LogP contribution in [0.2, 0.25) is 0 Å². The van der Waals surface area contributed by atoms with Gasteiger partial charge in [0.15, 0.2) is 5.82 Å². The van der Waals surface area contributed by atoms with Gasteiger partial charge < -0.3 is 14.6 Å². The monoisotopic (exact) mass is 405 g/mol. The van der Waals surface area contributed by atoms with E-state index in [0.717, 1.165) is 31.2 Å². The van der Waals surface area contributed by atoms with Gasteiger partial charge in [-0.25, -0.2) is 8.78 Å². The quantitative estimate of drug-likeness (QED) is 0.671. The fourth-order valence-electron chi connectivity index (χ4n) is 3.63. The Morgan fingerprint density at radius 1 is 1.34 bits per heavy atom. The maximum absolute atomic E-state index is 13.0. The lowest BCUT2D eigenvalue weighted by atomic mass is 9.93. The highest BCUT2D eigenvalue weighted by Crippen LogP contribution is 2.45. The van der Waals surface area contributed by atoms with E-state index in [1.807, 2.05) is 13.0 Å². The molecule has 2 aliphatic carbocycles. The van der Waals surface area contributed by atoms with Crippen LogP contribution in [-0.2, 0) is 5.54 Å². The number of aryl methyl sites for hydroxylation is 1. The number of hydrogen-bond acceptors (Lipinski definition) is 5. The molecular formula is C21H25F2N3O3. The number of rotatable bonds is 9. The number of ether oxygens (including phenoxy) is 1. The van der Waals surface area contributed by atoms with E-state index in [4.69, 9.17) is 9.26 Å². The molecule has 1 aromatic carbocycles. The first-order chi connectivity index (χ1) is 13.8. The minimum absolute atomic E-state index is 0.320. The van der Waals surface area contributed by atoms with Crippen LogP contribution < -0.4 is 10.1 Å². The van der Waals surface area contributed by atoms with Gasteiger partial charge in [0.05, 0.1) is 0 Å². The molecule has 2 aromatic rings. The summed E-state index contributed by atoms with van der Waals surface area (Å²) in [6.07, 6.45) is 2.39. The number of hydrogen-bond donors (Lipinski definition) is 1. The van der Waals surface area contributed by atoms with E-state index in [-0.39, 0.29) is 5.91 Å². The van der Waals surface area contributed by atoms with E-state index in [0.29, 0.717) is 41.3 Å². The van der Waals surface area contributed by atoms with E-state index in [1.165, 1.54) is 0 Å². The van der Waals surface area contributed by atoms with E-state index in [2.05, 4.69) is 15.5 Å². The molecule has 6 nitrogen and oxygen atoms in total. The van der Waals surface area contributed by atoms with Crippen LogP contribution in [0.4, 0.5) is 8.78 Å². The summed E-state index contributed by atoms with van der Waals surface area (Å²) in [5.74, 6) is 1.76. The summed E-state index contributed by atoms with van der Waals surface area (Å²) >= 11 is 0. The van der Waals surface area contributed by atoms with Crippen molar-refractivity contribution in [3.63, 3.8) is 0 Å². The van der Waals surface area contributed by atoms with Crippen molar-refractivity contribution in [2.24, 2.45) is 5.92 Å². The van der Waals surface area contributed by atoms with Crippen molar-refractivity contribution in [3.05, 3.63) is 41.0 Å². The molecule has 1 N–H and O–H groups in total. The zero-order chi connectivity index (χ0) is 20.6. The average Bonchev–Trinajstić information content (AvgIpc) is 3.60. The van der Waals surface area contributed by atoms with Crippen molar-refractivity contribution in [1.29, 1.82) is 0 Å². The lowest BCUT2D eigenvalue weighted by molar-refractivity contribution is 0.0812. The second-order valence-corrected chi connectivity index (χ2v) is 8.30. The Hall–Kier alpha value is -2.51. The molecule has 8 heteroatoms. The molecule has 0 bridgehead atoms. The molecule has 0 spiro atoms. The zero-order valence-electron chi connectivity index (χ0n) is 16.6. The largest absolute Gasteiger partial charge is 0.487 e. The molecule has 2 fully saturated rings. The van der Waals surface area contributed by atoms with Gasteiger partial charge in [-0.15, -0.1) is 0 Å². The number of halogens is 2. The number of alkyl halides is 2. The predicted octanol–water partition coefficient (Wildman–Crippen LogP) is 4.34. The van der Waals surface area contributed by atoms with Gasteiger partial charge in [0.2, 0.25) is 5.89 Å². The minimum Gasteiger partial charge on any atom is -0.487 e. The molecule has 156 valence electrons. The molecule has 1 heterocycles. The van der Waals surface area contributed by atoms with Crippen LogP contribution in [0.15, 0.2) is 22.7 Å². The third-order valence-corrected chi connectivity index (χ3v) is 5.46. The fourth-order valence-corrected chi connectivity index (χ4v) is 3.63. The van der Waals surface area contributed by atoms with Crippen molar-refractivity contribution < 1.29 is 22.8 Å². The van der Waals surface area contributed by atoms with Crippen LogP contribution >= 0.6 is 0 Å². The first kappa shape index (κ1) is 19.8. The summed E-state index contributed by atoms with van der Waals surface area (Å²) in [6.45, 7) is 2.91. The summed E-state index contributed by atoms with van der Waals surface area (Å²) < 4.78 is 35.7. The van der Waals surface area contributed by atoms with E-state index in [1.54, 1.807) is 19.1 Å². The van der Waals surface area contributed by atoms with Crippen molar-refractivity contribution >= 4 is 5.91 Å². The molecular weight excluding hydrogens is 380 g/mol. The third kappa shape index (κ3) is 4.74. The Kier molecular flexibility index (Phi) is 5.27. The Bertz CT molecular complexity index is 893. The van der Waals surface area contributed by atoms with Gasteiger partial charge in [0.1, 0.15) is 17.9 Å². The molecule has 4 rings (SSSR count).